The van der Waals surface area contributed by atoms with Crippen LogP contribution in [0.2, 0.25) is 0 Å². The van der Waals surface area contributed by atoms with Crippen molar-refractivity contribution in [3.63, 3.8) is 0 Å². The number of aromatic nitrogens is 1. The lowest BCUT2D eigenvalue weighted by Crippen LogP contribution is -2.25. The molecule has 0 aliphatic carbocycles. The van der Waals surface area contributed by atoms with Crippen molar-refractivity contribution >= 4 is 26.5 Å². The van der Waals surface area contributed by atoms with Crippen LogP contribution < -0.4 is 4.31 Å². The zero-order chi connectivity index (χ0) is 13.2. The van der Waals surface area contributed by atoms with Crippen LogP contribution in [0.3, 0.4) is 0 Å². The first-order chi connectivity index (χ1) is 8.55. The highest BCUT2D eigenvalue weighted by atomic mass is 32.2. The predicted molar refractivity (Wildman–Crippen MR) is 63.8 cm³/mol. The molecule has 1 aromatic carbocycles. The molecule has 1 heterocycles. The summed E-state index contributed by atoms with van der Waals surface area (Å²) in [5, 5.41) is 8.04. The Morgan fingerprint density at radius 3 is 2.50 bits per heavy atom. The fourth-order valence-electron chi connectivity index (χ4n) is 1.24. The van der Waals surface area contributed by atoms with Crippen LogP contribution in [0.1, 0.15) is 0 Å². The summed E-state index contributed by atoms with van der Waals surface area (Å²) >= 11 is 0.488. The van der Waals surface area contributed by atoms with Gasteiger partial charge in [0.25, 0.3) is 10.0 Å². The molecule has 0 aliphatic heterocycles. The molecule has 0 radical (unpaired) electrons. The average Bonchev–Trinajstić information content (AvgIpc) is 2.77. The SMILES string of the molecule is N#CN(c1ncc(F)s1)S(=O)(=O)c1ccccc1. The predicted octanol–water partition coefficient (Wildman–Crippen LogP) is 1.96. The van der Waals surface area contributed by atoms with Crippen LogP contribution in [-0.4, -0.2) is 13.4 Å². The van der Waals surface area contributed by atoms with Gasteiger partial charge in [-0.2, -0.15) is 18.1 Å². The summed E-state index contributed by atoms with van der Waals surface area (Å²) in [6.07, 6.45) is 2.36. The number of halogens is 1. The number of sulfonamides is 1. The molecule has 2 aromatic rings. The number of benzene rings is 1. The van der Waals surface area contributed by atoms with Crippen molar-refractivity contribution < 1.29 is 12.8 Å². The third kappa shape index (κ3) is 2.18. The Kier molecular flexibility index (Phi) is 3.27. The van der Waals surface area contributed by atoms with E-state index in [4.69, 9.17) is 5.26 Å². The standard InChI is InChI=1S/C10H6FN3O2S2/c11-9-6-13-10(17-9)14(7-12)18(15,16)8-4-2-1-3-5-8/h1-6H. The third-order valence-corrected chi connectivity index (χ3v) is 4.50. The number of thiazole rings is 1. The Balaban J connectivity index is 2.50. The van der Waals surface area contributed by atoms with E-state index in [2.05, 4.69) is 4.98 Å². The summed E-state index contributed by atoms with van der Waals surface area (Å²) in [4.78, 5) is 3.49. The number of nitriles is 1. The second-order valence-corrected chi connectivity index (χ2v) is 5.88. The van der Waals surface area contributed by atoms with Crippen LogP contribution in [0.25, 0.3) is 0 Å². The first-order valence-electron chi connectivity index (χ1n) is 4.67. The Bertz CT molecular complexity index is 691. The van der Waals surface area contributed by atoms with Gasteiger partial charge in [0.2, 0.25) is 11.3 Å². The zero-order valence-corrected chi connectivity index (χ0v) is 10.4. The van der Waals surface area contributed by atoms with Gasteiger partial charge >= 0.3 is 0 Å². The lowest BCUT2D eigenvalue weighted by Gasteiger charge is -2.12. The molecule has 1 aromatic heterocycles. The van der Waals surface area contributed by atoms with Gasteiger partial charge in [-0.3, -0.25) is 0 Å². The molecular weight excluding hydrogens is 277 g/mol. The maximum atomic E-state index is 12.8. The lowest BCUT2D eigenvalue weighted by molar-refractivity contribution is 0.596. The van der Waals surface area contributed by atoms with Crippen molar-refractivity contribution in [3.8, 4) is 6.19 Å². The molecular formula is C10H6FN3O2S2. The molecule has 0 fully saturated rings. The van der Waals surface area contributed by atoms with Crippen LogP contribution in [0.5, 0.6) is 0 Å². The Morgan fingerprint density at radius 1 is 1.33 bits per heavy atom. The molecule has 0 unspecified atom stereocenters. The van der Waals surface area contributed by atoms with Crippen molar-refractivity contribution in [2.75, 3.05) is 4.31 Å². The normalized spacial score (nSPS) is 10.9. The Labute approximate surface area is 107 Å². The fourth-order valence-corrected chi connectivity index (χ4v) is 3.22. The van der Waals surface area contributed by atoms with Crippen molar-refractivity contribution in [2.45, 2.75) is 4.90 Å². The number of rotatable bonds is 3. The quantitative estimate of drug-likeness (QED) is 0.637. The van der Waals surface area contributed by atoms with E-state index < -0.39 is 15.2 Å². The van der Waals surface area contributed by atoms with Gasteiger partial charge in [0, 0.05) is 0 Å². The van der Waals surface area contributed by atoms with Gasteiger partial charge in [-0.05, 0) is 12.1 Å². The molecule has 0 bridgehead atoms. The van der Waals surface area contributed by atoms with E-state index >= 15 is 0 Å². The molecule has 0 aliphatic rings. The lowest BCUT2D eigenvalue weighted by atomic mass is 10.4. The van der Waals surface area contributed by atoms with Gasteiger partial charge in [-0.15, -0.1) is 4.31 Å². The highest BCUT2D eigenvalue weighted by molar-refractivity contribution is 7.93. The molecule has 5 nitrogen and oxygen atoms in total. The van der Waals surface area contributed by atoms with E-state index in [1.807, 2.05) is 0 Å². The summed E-state index contributed by atoms with van der Waals surface area (Å²) in [5.41, 5.74) is 0. The monoisotopic (exact) mass is 283 g/mol. The number of nitrogens with zero attached hydrogens (tertiary/aromatic N) is 3. The maximum Gasteiger partial charge on any atom is 0.278 e. The summed E-state index contributed by atoms with van der Waals surface area (Å²) in [7, 11) is -4.04. The van der Waals surface area contributed by atoms with Crippen molar-refractivity contribution in [3.05, 3.63) is 41.7 Å². The average molecular weight is 283 g/mol. The topological polar surface area (TPSA) is 74.1 Å². The van der Waals surface area contributed by atoms with E-state index in [1.54, 1.807) is 6.07 Å². The van der Waals surface area contributed by atoms with E-state index in [0.717, 1.165) is 6.20 Å². The van der Waals surface area contributed by atoms with E-state index in [9.17, 15) is 12.8 Å². The van der Waals surface area contributed by atoms with Crippen LogP contribution >= 0.6 is 11.3 Å². The van der Waals surface area contributed by atoms with Gasteiger partial charge in [-0.1, -0.05) is 29.5 Å². The minimum Gasteiger partial charge on any atom is -0.224 e. The van der Waals surface area contributed by atoms with E-state index in [1.165, 1.54) is 30.5 Å². The molecule has 0 saturated carbocycles. The summed E-state index contributed by atoms with van der Waals surface area (Å²) in [5.74, 6) is 0. The second kappa shape index (κ2) is 4.72. The summed E-state index contributed by atoms with van der Waals surface area (Å²) < 4.78 is 37.5. The Hall–Kier alpha value is -1.98. The van der Waals surface area contributed by atoms with Crippen molar-refractivity contribution in [1.82, 2.24) is 4.98 Å². The molecule has 8 heteroatoms. The maximum absolute atomic E-state index is 12.8. The highest BCUT2D eigenvalue weighted by Gasteiger charge is 2.27. The van der Waals surface area contributed by atoms with Crippen LogP contribution in [-0.2, 0) is 10.0 Å². The first kappa shape index (κ1) is 12.5. The zero-order valence-electron chi connectivity index (χ0n) is 8.82. The second-order valence-electron chi connectivity index (χ2n) is 3.13. The van der Waals surface area contributed by atoms with Gasteiger partial charge in [0.15, 0.2) is 5.13 Å². The first-order valence-corrected chi connectivity index (χ1v) is 6.93. The third-order valence-electron chi connectivity index (χ3n) is 2.01. The fraction of sp³-hybridized carbons (Fsp3) is 0. The minimum atomic E-state index is -4.04. The van der Waals surface area contributed by atoms with Gasteiger partial charge in [-0.25, -0.2) is 4.98 Å². The summed E-state index contributed by atoms with van der Waals surface area (Å²) in [6, 6.07) is 7.42. The van der Waals surface area contributed by atoms with Gasteiger partial charge in [0.1, 0.15) is 0 Å². The van der Waals surface area contributed by atoms with Crippen LogP contribution in [0, 0.1) is 16.6 Å². The number of anilines is 1. The van der Waals surface area contributed by atoms with E-state index in [0.29, 0.717) is 15.6 Å². The summed E-state index contributed by atoms with van der Waals surface area (Å²) in [6.45, 7) is 0. The Morgan fingerprint density at radius 2 is 2.00 bits per heavy atom. The highest BCUT2D eigenvalue weighted by Crippen LogP contribution is 2.26. The van der Waals surface area contributed by atoms with Gasteiger partial charge in [0.05, 0.1) is 11.1 Å². The van der Waals surface area contributed by atoms with Crippen LogP contribution in [0.4, 0.5) is 9.52 Å². The van der Waals surface area contributed by atoms with E-state index in [-0.39, 0.29) is 10.0 Å². The van der Waals surface area contributed by atoms with Gasteiger partial charge < -0.3 is 0 Å². The number of hydrogen-bond donors (Lipinski definition) is 0. The molecule has 0 spiro atoms. The molecule has 0 atom stereocenters. The minimum absolute atomic E-state index is 0.0536. The molecule has 0 saturated heterocycles. The van der Waals surface area contributed by atoms with Crippen molar-refractivity contribution in [2.24, 2.45) is 0 Å². The molecule has 0 N–H and O–H groups in total. The van der Waals surface area contributed by atoms with Crippen LogP contribution in [0.15, 0.2) is 41.4 Å². The molecule has 18 heavy (non-hydrogen) atoms. The molecule has 0 amide bonds. The largest absolute Gasteiger partial charge is 0.278 e. The number of hydrogen-bond acceptors (Lipinski definition) is 5. The molecule has 92 valence electrons. The molecule has 2 rings (SSSR count). The van der Waals surface area contributed by atoms with Crippen molar-refractivity contribution in [1.29, 1.82) is 5.26 Å². The smallest absolute Gasteiger partial charge is 0.224 e.